The monoisotopic (exact) mass is 195 g/mol. The van der Waals surface area contributed by atoms with E-state index in [9.17, 15) is 0 Å². The van der Waals surface area contributed by atoms with Crippen LogP contribution in [0.3, 0.4) is 0 Å². The maximum Gasteiger partial charge on any atom is 0.0320 e. The number of benzene rings is 2. The second-order valence-corrected chi connectivity index (χ2v) is 4.07. The van der Waals surface area contributed by atoms with Crippen molar-refractivity contribution in [3.05, 3.63) is 40.8 Å². The molecular formula is C14H13N. The Labute approximate surface area is 88.5 Å². The molecule has 2 N–H and O–H groups in total. The minimum absolute atomic E-state index is 0.835. The van der Waals surface area contributed by atoms with Gasteiger partial charge in [-0.25, -0.2) is 0 Å². The van der Waals surface area contributed by atoms with Crippen molar-refractivity contribution in [3.63, 3.8) is 0 Å². The second-order valence-electron chi connectivity index (χ2n) is 4.07. The van der Waals surface area contributed by atoms with E-state index in [1.807, 2.05) is 12.1 Å². The molecule has 1 aliphatic carbocycles. The minimum atomic E-state index is 0.835. The van der Waals surface area contributed by atoms with Gasteiger partial charge in [0, 0.05) is 5.69 Å². The first-order valence-corrected chi connectivity index (χ1v) is 5.33. The lowest BCUT2D eigenvalue weighted by molar-refractivity contribution is 1.12. The van der Waals surface area contributed by atoms with Gasteiger partial charge in [0.2, 0.25) is 0 Å². The summed E-state index contributed by atoms with van der Waals surface area (Å²) in [6, 6.07) is 10.6. The zero-order valence-corrected chi connectivity index (χ0v) is 8.53. The molecule has 0 amide bonds. The summed E-state index contributed by atoms with van der Waals surface area (Å²) < 4.78 is 0. The zero-order chi connectivity index (χ0) is 10.3. The smallest absolute Gasteiger partial charge is 0.0320 e. The Kier molecular flexibility index (Phi) is 1.78. The summed E-state index contributed by atoms with van der Waals surface area (Å²) in [4.78, 5) is 0. The van der Waals surface area contributed by atoms with Crippen molar-refractivity contribution >= 4 is 28.6 Å². The first kappa shape index (κ1) is 8.54. The SMILES string of the molecule is Nc1ccc2cc3c(cc2c1)=CCCC=3. The topological polar surface area (TPSA) is 26.0 Å². The number of hydrogen-bond donors (Lipinski definition) is 1. The van der Waals surface area contributed by atoms with Gasteiger partial charge in [-0.1, -0.05) is 18.2 Å². The highest BCUT2D eigenvalue weighted by Crippen LogP contribution is 2.14. The molecule has 3 rings (SSSR count). The highest BCUT2D eigenvalue weighted by atomic mass is 14.5. The van der Waals surface area contributed by atoms with Crippen molar-refractivity contribution in [1.29, 1.82) is 0 Å². The summed E-state index contributed by atoms with van der Waals surface area (Å²) in [6.07, 6.45) is 6.93. The Balaban J connectivity index is 2.47. The van der Waals surface area contributed by atoms with Gasteiger partial charge >= 0.3 is 0 Å². The Bertz CT molecular complexity index is 638. The molecule has 0 spiro atoms. The average molecular weight is 195 g/mol. The molecule has 1 heteroatoms. The van der Waals surface area contributed by atoms with Crippen molar-refractivity contribution in [1.82, 2.24) is 0 Å². The molecule has 0 fully saturated rings. The number of hydrogen-bond acceptors (Lipinski definition) is 1. The molecule has 0 aromatic heterocycles. The Morgan fingerprint density at radius 2 is 1.47 bits per heavy atom. The first-order chi connectivity index (χ1) is 7.33. The fraction of sp³-hybridized carbons (Fsp3) is 0.143. The van der Waals surface area contributed by atoms with Gasteiger partial charge in [0.25, 0.3) is 0 Å². The molecule has 0 heterocycles. The van der Waals surface area contributed by atoms with Crippen LogP contribution in [0.1, 0.15) is 12.8 Å². The number of anilines is 1. The third-order valence-corrected chi connectivity index (χ3v) is 2.96. The molecule has 0 saturated heterocycles. The second kappa shape index (κ2) is 3.13. The Morgan fingerprint density at radius 3 is 2.20 bits per heavy atom. The molecular weight excluding hydrogens is 182 g/mol. The molecule has 1 aliphatic rings. The summed E-state index contributed by atoms with van der Waals surface area (Å²) >= 11 is 0. The van der Waals surface area contributed by atoms with E-state index in [1.54, 1.807) is 0 Å². The van der Waals surface area contributed by atoms with E-state index in [4.69, 9.17) is 5.73 Å². The Morgan fingerprint density at radius 1 is 0.800 bits per heavy atom. The van der Waals surface area contributed by atoms with Crippen LogP contribution in [-0.2, 0) is 0 Å². The predicted molar refractivity (Wildman–Crippen MR) is 65.8 cm³/mol. The van der Waals surface area contributed by atoms with Crippen LogP contribution in [0.25, 0.3) is 22.9 Å². The minimum Gasteiger partial charge on any atom is -0.399 e. The molecule has 0 radical (unpaired) electrons. The molecule has 0 saturated carbocycles. The van der Waals surface area contributed by atoms with Crippen molar-refractivity contribution in [2.24, 2.45) is 0 Å². The lowest BCUT2D eigenvalue weighted by atomic mass is 10.0. The van der Waals surface area contributed by atoms with Crippen LogP contribution in [0, 0.1) is 0 Å². The molecule has 0 aliphatic heterocycles. The van der Waals surface area contributed by atoms with Crippen molar-refractivity contribution in [2.45, 2.75) is 12.8 Å². The summed E-state index contributed by atoms with van der Waals surface area (Å²) in [5.41, 5.74) is 6.62. The number of nitrogens with two attached hydrogens (primary N) is 1. The normalized spacial score (nSPS) is 14.1. The standard InChI is InChI=1S/C14H13N/c15-14-6-5-12-7-10-3-1-2-4-11(10)8-13(12)9-14/h3-9H,1-2,15H2. The van der Waals surface area contributed by atoms with Crippen LogP contribution in [0.15, 0.2) is 30.3 Å². The average Bonchev–Trinajstić information content (AvgIpc) is 2.26. The van der Waals surface area contributed by atoms with E-state index >= 15 is 0 Å². The van der Waals surface area contributed by atoms with Crippen molar-refractivity contribution in [2.75, 3.05) is 5.73 Å². The quantitative estimate of drug-likeness (QED) is 0.637. The van der Waals surface area contributed by atoms with E-state index in [1.165, 1.54) is 21.2 Å². The van der Waals surface area contributed by atoms with Crippen LogP contribution in [0.2, 0.25) is 0 Å². The summed E-state index contributed by atoms with van der Waals surface area (Å²) in [7, 11) is 0. The summed E-state index contributed by atoms with van der Waals surface area (Å²) in [6.45, 7) is 0. The number of nitrogen functional groups attached to an aromatic ring is 1. The van der Waals surface area contributed by atoms with E-state index in [0.717, 1.165) is 18.5 Å². The van der Waals surface area contributed by atoms with Crippen LogP contribution in [0.4, 0.5) is 5.69 Å². The lowest BCUT2D eigenvalue weighted by Crippen LogP contribution is -2.26. The molecule has 74 valence electrons. The van der Waals surface area contributed by atoms with Gasteiger partial charge in [-0.05, 0) is 58.3 Å². The fourth-order valence-corrected chi connectivity index (χ4v) is 2.18. The van der Waals surface area contributed by atoms with E-state index in [-0.39, 0.29) is 0 Å². The maximum atomic E-state index is 5.78. The molecule has 2 aromatic rings. The largest absolute Gasteiger partial charge is 0.399 e. The third-order valence-electron chi connectivity index (χ3n) is 2.96. The summed E-state index contributed by atoms with van der Waals surface area (Å²) in [5, 5.41) is 5.22. The van der Waals surface area contributed by atoms with E-state index in [0.29, 0.717) is 0 Å². The van der Waals surface area contributed by atoms with E-state index in [2.05, 4.69) is 30.4 Å². The van der Waals surface area contributed by atoms with Gasteiger partial charge < -0.3 is 5.73 Å². The molecule has 15 heavy (non-hydrogen) atoms. The first-order valence-electron chi connectivity index (χ1n) is 5.33. The van der Waals surface area contributed by atoms with E-state index < -0.39 is 0 Å². The molecule has 0 atom stereocenters. The highest BCUT2D eigenvalue weighted by molar-refractivity contribution is 5.85. The van der Waals surface area contributed by atoms with Gasteiger partial charge in [0.05, 0.1) is 0 Å². The van der Waals surface area contributed by atoms with Crippen LogP contribution >= 0.6 is 0 Å². The molecule has 2 aromatic carbocycles. The van der Waals surface area contributed by atoms with Gasteiger partial charge in [0.1, 0.15) is 0 Å². The lowest BCUT2D eigenvalue weighted by Gasteiger charge is -2.03. The molecule has 1 nitrogen and oxygen atoms in total. The van der Waals surface area contributed by atoms with Crippen molar-refractivity contribution in [3.8, 4) is 0 Å². The van der Waals surface area contributed by atoms with Gasteiger partial charge in [-0.3, -0.25) is 0 Å². The maximum absolute atomic E-state index is 5.78. The highest BCUT2D eigenvalue weighted by Gasteiger charge is 1.97. The van der Waals surface area contributed by atoms with Gasteiger partial charge in [-0.15, -0.1) is 0 Å². The summed E-state index contributed by atoms with van der Waals surface area (Å²) in [5.74, 6) is 0. The van der Waals surface area contributed by atoms with Crippen LogP contribution in [0.5, 0.6) is 0 Å². The van der Waals surface area contributed by atoms with Crippen molar-refractivity contribution < 1.29 is 0 Å². The van der Waals surface area contributed by atoms with Gasteiger partial charge in [0.15, 0.2) is 0 Å². The zero-order valence-electron chi connectivity index (χ0n) is 8.53. The number of fused-ring (bicyclic) bond motifs is 2. The Hall–Kier alpha value is -1.76. The molecule has 0 unspecified atom stereocenters. The van der Waals surface area contributed by atoms with Gasteiger partial charge in [-0.2, -0.15) is 0 Å². The van der Waals surface area contributed by atoms with Crippen LogP contribution in [-0.4, -0.2) is 0 Å². The molecule has 0 bridgehead atoms. The fourth-order valence-electron chi connectivity index (χ4n) is 2.18. The predicted octanol–water partition coefficient (Wildman–Crippen LogP) is 1.78. The van der Waals surface area contributed by atoms with Crippen LogP contribution < -0.4 is 16.2 Å². The number of rotatable bonds is 0. The third kappa shape index (κ3) is 1.40.